The van der Waals surface area contributed by atoms with Gasteiger partial charge in [-0.3, -0.25) is 0 Å². The molecule has 1 heterocycles. The summed E-state index contributed by atoms with van der Waals surface area (Å²) in [6.07, 6.45) is 0.469. The lowest BCUT2D eigenvalue weighted by Crippen LogP contribution is -2.54. The van der Waals surface area contributed by atoms with E-state index in [9.17, 15) is 5.11 Å². The van der Waals surface area contributed by atoms with Crippen molar-refractivity contribution in [1.29, 1.82) is 0 Å². The summed E-state index contributed by atoms with van der Waals surface area (Å²) in [5.41, 5.74) is 5.82. The maximum absolute atomic E-state index is 9.63. The molecular weight excluding hydrogens is 206 g/mol. The van der Waals surface area contributed by atoms with Crippen molar-refractivity contribution in [3.8, 4) is 0 Å². The molecule has 3 N–H and O–H groups in total. The zero-order valence-corrected chi connectivity index (χ0v) is 10.0. The minimum Gasteiger partial charge on any atom is -0.392 e. The number of hydrogen-bond donors (Lipinski definition) is 2. The SMILES string of the molecule is CC1(C)C(O)CC1N=C(N)N1CCOCC1. The second kappa shape index (κ2) is 4.22. The van der Waals surface area contributed by atoms with Gasteiger partial charge in [-0.2, -0.15) is 0 Å². The first-order valence-electron chi connectivity index (χ1n) is 5.86. The van der Waals surface area contributed by atoms with Gasteiger partial charge in [0.1, 0.15) is 0 Å². The topological polar surface area (TPSA) is 71.1 Å². The van der Waals surface area contributed by atoms with Gasteiger partial charge >= 0.3 is 0 Å². The molecule has 0 bridgehead atoms. The molecule has 5 heteroatoms. The second-order valence-corrected chi connectivity index (χ2v) is 5.18. The van der Waals surface area contributed by atoms with Gasteiger partial charge in [-0.25, -0.2) is 4.99 Å². The summed E-state index contributed by atoms with van der Waals surface area (Å²) in [7, 11) is 0. The third-order valence-electron chi connectivity index (χ3n) is 3.79. The number of aliphatic imine (C=N–C) groups is 1. The van der Waals surface area contributed by atoms with Crippen molar-refractivity contribution in [2.75, 3.05) is 26.3 Å². The minimum atomic E-state index is -0.251. The molecule has 2 rings (SSSR count). The molecule has 92 valence electrons. The zero-order valence-electron chi connectivity index (χ0n) is 10.0. The van der Waals surface area contributed by atoms with E-state index in [2.05, 4.69) is 4.99 Å². The Labute approximate surface area is 96.3 Å². The molecule has 0 amide bonds. The van der Waals surface area contributed by atoms with E-state index in [0.717, 1.165) is 19.5 Å². The Kier molecular flexibility index (Phi) is 3.08. The van der Waals surface area contributed by atoms with Crippen molar-refractivity contribution in [3.63, 3.8) is 0 Å². The molecule has 1 saturated carbocycles. The molecule has 1 saturated heterocycles. The van der Waals surface area contributed by atoms with Crippen molar-refractivity contribution < 1.29 is 9.84 Å². The summed E-state index contributed by atoms with van der Waals surface area (Å²) in [5.74, 6) is 0.591. The van der Waals surface area contributed by atoms with E-state index in [1.807, 2.05) is 18.7 Å². The Morgan fingerprint density at radius 2 is 2.06 bits per heavy atom. The highest BCUT2D eigenvalue weighted by molar-refractivity contribution is 5.78. The third kappa shape index (κ3) is 2.01. The maximum Gasteiger partial charge on any atom is 0.191 e. The van der Waals surface area contributed by atoms with E-state index in [1.165, 1.54) is 0 Å². The predicted molar refractivity (Wildman–Crippen MR) is 62.2 cm³/mol. The van der Waals surface area contributed by atoms with E-state index in [0.29, 0.717) is 19.2 Å². The second-order valence-electron chi connectivity index (χ2n) is 5.18. The standard InChI is InChI=1S/C11H21N3O2/c1-11(2)8(7-9(11)15)13-10(12)14-3-5-16-6-4-14/h8-9,15H,3-7H2,1-2H3,(H2,12,13). The quantitative estimate of drug-likeness (QED) is 0.480. The normalized spacial score (nSPS) is 34.7. The van der Waals surface area contributed by atoms with Crippen molar-refractivity contribution >= 4 is 5.96 Å². The molecule has 1 aliphatic carbocycles. The van der Waals surface area contributed by atoms with Gasteiger partial charge in [-0.15, -0.1) is 0 Å². The molecule has 0 spiro atoms. The van der Waals surface area contributed by atoms with Gasteiger partial charge in [0, 0.05) is 18.5 Å². The predicted octanol–water partition coefficient (Wildman–Crippen LogP) is -0.207. The zero-order chi connectivity index (χ0) is 11.8. The average Bonchev–Trinajstić information content (AvgIpc) is 2.29. The molecule has 5 nitrogen and oxygen atoms in total. The molecule has 1 aliphatic heterocycles. The van der Waals surface area contributed by atoms with Gasteiger partial charge in [0.25, 0.3) is 0 Å². The highest BCUT2D eigenvalue weighted by atomic mass is 16.5. The Morgan fingerprint density at radius 3 is 2.56 bits per heavy atom. The molecule has 0 aromatic heterocycles. The highest BCUT2D eigenvalue weighted by Gasteiger charge is 2.47. The lowest BCUT2D eigenvalue weighted by molar-refractivity contribution is -0.0581. The van der Waals surface area contributed by atoms with E-state index in [-0.39, 0.29) is 17.6 Å². The fraction of sp³-hybridized carbons (Fsp3) is 0.909. The largest absolute Gasteiger partial charge is 0.392 e. The third-order valence-corrected chi connectivity index (χ3v) is 3.79. The van der Waals surface area contributed by atoms with E-state index in [4.69, 9.17) is 10.5 Å². The lowest BCUT2D eigenvalue weighted by atomic mass is 9.65. The van der Waals surface area contributed by atoms with Gasteiger partial charge in [0.2, 0.25) is 0 Å². The fourth-order valence-corrected chi connectivity index (χ4v) is 2.13. The Balaban J connectivity index is 1.96. The van der Waals surface area contributed by atoms with Crippen LogP contribution >= 0.6 is 0 Å². The summed E-state index contributed by atoms with van der Waals surface area (Å²) in [5, 5.41) is 9.63. The van der Waals surface area contributed by atoms with E-state index in [1.54, 1.807) is 0 Å². The number of nitrogens with two attached hydrogens (primary N) is 1. The average molecular weight is 227 g/mol. The molecule has 2 fully saturated rings. The number of nitrogens with zero attached hydrogens (tertiary/aromatic N) is 2. The summed E-state index contributed by atoms with van der Waals surface area (Å²) < 4.78 is 5.26. The number of ether oxygens (including phenoxy) is 1. The van der Waals surface area contributed by atoms with Gasteiger partial charge in [0.05, 0.1) is 25.4 Å². The first-order valence-corrected chi connectivity index (χ1v) is 5.86. The van der Waals surface area contributed by atoms with Crippen LogP contribution in [0.4, 0.5) is 0 Å². The minimum absolute atomic E-state index is 0.142. The van der Waals surface area contributed by atoms with Crippen molar-refractivity contribution in [2.45, 2.75) is 32.4 Å². The molecule has 2 atom stereocenters. The Bertz CT molecular complexity index is 285. The van der Waals surface area contributed by atoms with Gasteiger partial charge in [0.15, 0.2) is 5.96 Å². The molecule has 0 radical (unpaired) electrons. The molecule has 0 aromatic carbocycles. The van der Waals surface area contributed by atoms with Crippen molar-refractivity contribution in [1.82, 2.24) is 4.90 Å². The Hall–Kier alpha value is -0.810. The Morgan fingerprint density at radius 1 is 1.44 bits per heavy atom. The maximum atomic E-state index is 9.63. The monoisotopic (exact) mass is 227 g/mol. The van der Waals surface area contributed by atoms with Crippen LogP contribution in [0.5, 0.6) is 0 Å². The summed E-state index contributed by atoms with van der Waals surface area (Å²) in [6.45, 7) is 7.11. The fourth-order valence-electron chi connectivity index (χ4n) is 2.13. The first-order chi connectivity index (χ1) is 7.51. The van der Waals surface area contributed by atoms with Crippen LogP contribution in [0.3, 0.4) is 0 Å². The summed E-state index contributed by atoms with van der Waals surface area (Å²) in [6, 6.07) is 0.144. The lowest BCUT2D eigenvalue weighted by Gasteiger charge is -2.47. The molecule has 0 aromatic rings. The number of morpholine rings is 1. The molecule has 2 aliphatic rings. The van der Waals surface area contributed by atoms with Crippen LogP contribution in [0.1, 0.15) is 20.3 Å². The number of aliphatic hydroxyl groups is 1. The van der Waals surface area contributed by atoms with Crippen molar-refractivity contribution in [2.24, 2.45) is 16.1 Å². The first kappa shape index (κ1) is 11.7. The van der Waals surface area contributed by atoms with Gasteiger partial charge < -0.3 is 20.5 Å². The van der Waals surface area contributed by atoms with Crippen LogP contribution in [0, 0.1) is 5.41 Å². The van der Waals surface area contributed by atoms with Crippen molar-refractivity contribution in [3.05, 3.63) is 0 Å². The van der Waals surface area contributed by atoms with Crippen LogP contribution < -0.4 is 5.73 Å². The van der Waals surface area contributed by atoms with E-state index >= 15 is 0 Å². The van der Waals surface area contributed by atoms with E-state index < -0.39 is 0 Å². The number of hydrogen-bond acceptors (Lipinski definition) is 3. The number of aliphatic hydroxyl groups excluding tert-OH is 1. The summed E-state index contributed by atoms with van der Waals surface area (Å²) in [4.78, 5) is 6.56. The van der Waals surface area contributed by atoms with Crippen LogP contribution in [-0.2, 0) is 4.74 Å². The van der Waals surface area contributed by atoms with Crippen LogP contribution in [-0.4, -0.2) is 54.4 Å². The van der Waals surface area contributed by atoms with Crippen LogP contribution in [0.2, 0.25) is 0 Å². The summed E-state index contributed by atoms with van der Waals surface area (Å²) >= 11 is 0. The molecule has 2 unspecified atom stereocenters. The number of rotatable bonds is 1. The highest BCUT2D eigenvalue weighted by Crippen LogP contribution is 2.42. The number of guanidine groups is 1. The van der Waals surface area contributed by atoms with Gasteiger partial charge in [-0.1, -0.05) is 13.8 Å². The van der Waals surface area contributed by atoms with Gasteiger partial charge in [-0.05, 0) is 6.42 Å². The van der Waals surface area contributed by atoms with Crippen LogP contribution in [0.15, 0.2) is 4.99 Å². The van der Waals surface area contributed by atoms with Crippen LogP contribution in [0.25, 0.3) is 0 Å². The molecule has 16 heavy (non-hydrogen) atoms. The molecular formula is C11H21N3O2. The smallest absolute Gasteiger partial charge is 0.191 e.